The third-order valence-corrected chi connectivity index (χ3v) is 5.02. The summed E-state index contributed by atoms with van der Waals surface area (Å²) < 4.78 is 27.6. The molecule has 1 rings (SSSR count). The highest BCUT2D eigenvalue weighted by molar-refractivity contribution is 9.10. The summed E-state index contributed by atoms with van der Waals surface area (Å²) in [4.78, 5) is 0.243. The van der Waals surface area contributed by atoms with Gasteiger partial charge in [-0.25, -0.2) is 13.1 Å². The molecular weight excluding hydrogens is 352 g/mol. The van der Waals surface area contributed by atoms with E-state index in [1.807, 2.05) is 13.8 Å². The van der Waals surface area contributed by atoms with E-state index in [0.29, 0.717) is 16.9 Å². The maximum atomic E-state index is 12.2. The highest BCUT2D eigenvalue weighted by Gasteiger charge is 2.21. The molecule has 4 nitrogen and oxygen atoms in total. The second-order valence-corrected chi connectivity index (χ2v) is 7.15. The van der Waals surface area contributed by atoms with Crippen molar-refractivity contribution in [2.45, 2.75) is 31.2 Å². The predicted octanol–water partition coefficient (Wildman–Crippen LogP) is 2.52. The molecule has 0 saturated carbocycles. The number of rotatable bonds is 6. The van der Waals surface area contributed by atoms with E-state index >= 15 is 0 Å². The Bertz CT molecular complexity index is 494. The summed E-state index contributed by atoms with van der Waals surface area (Å²) in [5.74, 6) is 0.389. The first-order valence-corrected chi connectivity index (χ1v) is 8.11. The highest BCUT2D eigenvalue weighted by atomic mass is 79.9. The monoisotopic (exact) mass is 370 g/mol. The van der Waals surface area contributed by atoms with Crippen LogP contribution in [0.15, 0.2) is 33.6 Å². The number of benzene rings is 1. The normalized spacial score (nSPS) is 13.1. The van der Waals surface area contributed by atoms with Crippen LogP contribution in [-0.4, -0.2) is 21.0 Å². The number of nitrogens with one attached hydrogen (secondary N) is 1. The summed E-state index contributed by atoms with van der Waals surface area (Å²) in [5, 5.41) is 0. The van der Waals surface area contributed by atoms with Gasteiger partial charge in [-0.15, -0.1) is 12.4 Å². The Morgan fingerprint density at radius 1 is 1.32 bits per heavy atom. The second-order valence-electron chi connectivity index (χ2n) is 4.61. The lowest BCUT2D eigenvalue weighted by Gasteiger charge is -2.19. The third kappa shape index (κ3) is 5.79. The summed E-state index contributed by atoms with van der Waals surface area (Å²) >= 11 is 3.24. The molecule has 1 aromatic rings. The first kappa shape index (κ1) is 18.9. The van der Waals surface area contributed by atoms with Crippen LogP contribution >= 0.6 is 28.3 Å². The molecule has 0 saturated heterocycles. The quantitative estimate of drug-likeness (QED) is 0.807. The van der Waals surface area contributed by atoms with Crippen LogP contribution in [0.5, 0.6) is 0 Å². The Labute approximate surface area is 129 Å². The fourth-order valence-electron chi connectivity index (χ4n) is 1.71. The van der Waals surface area contributed by atoms with Crippen LogP contribution in [-0.2, 0) is 10.0 Å². The minimum Gasteiger partial charge on any atom is -0.329 e. The van der Waals surface area contributed by atoms with Gasteiger partial charge in [-0.2, -0.15) is 0 Å². The topological polar surface area (TPSA) is 72.2 Å². The van der Waals surface area contributed by atoms with Gasteiger partial charge < -0.3 is 5.73 Å². The average Bonchev–Trinajstić information content (AvgIpc) is 2.27. The molecular formula is C12H20BrClN2O2S. The van der Waals surface area contributed by atoms with E-state index in [4.69, 9.17) is 5.73 Å². The van der Waals surface area contributed by atoms with Crippen molar-refractivity contribution in [3.05, 3.63) is 28.7 Å². The van der Waals surface area contributed by atoms with E-state index in [1.165, 1.54) is 0 Å². The fourth-order valence-corrected chi connectivity index (χ4v) is 3.97. The van der Waals surface area contributed by atoms with Crippen LogP contribution < -0.4 is 10.5 Å². The van der Waals surface area contributed by atoms with Gasteiger partial charge in [0.15, 0.2) is 0 Å². The van der Waals surface area contributed by atoms with Crippen molar-refractivity contribution in [3.8, 4) is 0 Å². The standard InChI is InChI=1S/C12H19BrN2O2S.ClH/c1-9(2)7-10(8-14)15-18(16,17)12-6-4-3-5-11(12)13;/h3-6,9-10,15H,7-8,14H2,1-2H3;1H. The van der Waals surface area contributed by atoms with E-state index in [0.717, 1.165) is 6.42 Å². The van der Waals surface area contributed by atoms with Crippen LogP contribution in [0.25, 0.3) is 0 Å². The molecule has 0 aliphatic carbocycles. The molecule has 7 heteroatoms. The van der Waals surface area contributed by atoms with Crippen molar-refractivity contribution < 1.29 is 8.42 Å². The second kappa shape index (κ2) is 8.21. The van der Waals surface area contributed by atoms with E-state index in [-0.39, 0.29) is 23.3 Å². The molecule has 0 radical (unpaired) electrons. The molecule has 1 atom stereocenters. The van der Waals surface area contributed by atoms with Gasteiger partial charge in [0, 0.05) is 17.1 Å². The molecule has 1 aromatic carbocycles. The summed E-state index contributed by atoms with van der Waals surface area (Å²) in [6, 6.07) is 6.50. The van der Waals surface area contributed by atoms with Crippen molar-refractivity contribution in [1.29, 1.82) is 0 Å². The molecule has 0 heterocycles. The maximum absolute atomic E-state index is 12.2. The molecule has 110 valence electrons. The van der Waals surface area contributed by atoms with E-state index in [2.05, 4.69) is 20.7 Å². The zero-order valence-corrected chi connectivity index (χ0v) is 14.2. The lowest BCUT2D eigenvalue weighted by Crippen LogP contribution is -2.41. The molecule has 0 amide bonds. The van der Waals surface area contributed by atoms with E-state index in [9.17, 15) is 8.42 Å². The Balaban J connectivity index is 0.00000324. The SMILES string of the molecule is CC(C)CC(CN)NS(=O)(=O)c1ccccc1Br.Cl. The van der Waals surface area contributed by atoms with Crippen molar-refractivity contribution in [1.82, 2.24) is 4.72 Å². The first-order valence-electron chi connectivity index (χ1n) is 5.83. The highest BCUT2D eigenvalue weighted by Crippen LogP contribution is 2.21. The van der Waals surface area contributed by atoms with Gasteiger partial charge in [0.05, 0.1) is 4.90 Å². The van der Waals surface area contributed by atoms with Crippen LogP contribution in [0.3, 0.4) is 0 Å². The Morgan fingerprint density at radius 2 is 1.89 bits per heavy atom. The molecule has 0 fully saturated rings. The molecule has 0 aromatic heterocycles. The summed E-state index contributed by atoms with van der Waals surface area (Å²) in [6.07, 6.45) is 0.722. The Morgan fingerprint density at radius 3 is 2.37 bits per heavy atom. The van der Waals surface area contributed by atoms with Gasteiger partial charge in [0.25, 0.3) is 0 Å². The molecule has 0 spiro atoms. The molecule has 0 aliphatic rings. The van der Waals surface area contributed by atoms with Gasteiger partial charge >= 0.3 is 0 Å². The molecule has 0 aliphatic heterocycles. The number of hydrogen-bond acceptors (Lipinski definition) is 3. The van der Waals surface area contributed by atoms with Gasteiger partial charge in [0.2, 0.25) is 10.0 Å². The molecule has 3 N–H and O–H groups in total. The van der Waals surface area contributed by atoms with Gasteiger partial charge in [-0.1, -0.05) is 26.0 Å². The molecule has 19 heavy (non-hydrogen) atoms. The fraction of sp³-hybridized carbons (Fsp3) is 0.500. The van der Waals surface area contributed by atoms with Crippen molar-refractivity contribution in [2.24, 2.45) is 11.7 Å². The Hall–Kier alpha value is -0.140. The van der Waals surface area contributed by atoms with Crippen molar-refractivity contribution in [2.75, 3.05) is 6.54 Å². The number of nitrogens with two attached hydrogens (primary N) is 1. The van der Waals surface area contributed by atoms with Crippen LogP contribution in [0, 0.1) is 5.92 Å². The predicted molar refractivity (Wildman–Crippen MR) is 84.0 cm³/mol. The lowest BCUT2D eigenvalue weighted by atomic mass is 10.1. The minimum absolute atomic E-state index is 0. The lowest BCUT2D eigenvalue weighted by molar-refractivity contribution is 0.465. The zero-order chi connectivity index (χ0) is 13.8. The van der Waals surface area contributed by atoms with E-state index in [1.54, 1.807) is 24.3 Å². The van der Waals surface area contributed by atoms with Gasteiger partial charge in [0.1, 0.15) is 0 Å². The van der Waals surface area contributed by atoms with Crippen LogP contribution in [0.1, 0.15) is 20.3 Å². The Kier molecular flexibility index (Phi) is 8.15. The minimum atomic E-state index is -3.52. The smallest absolute Gasteiger partial charge is 0.241 e. The summed E-state index contributed by atoms with van der Waals surface area (Å²) in [6.45, 7) is 4.37. The van der Waals surface area contributed by atoms with Crippen molar-refractivity contribution >= 4 is 38.4 Å². The summed E-state index contributed by atoms with van der Waals surface area (Å²) in [7, 11) is -3.52. The van der Waals surface area contributed by atoms with Crippen LogP contribution in [0.4, 0.5) is 0 Å². The zero-order valence-electron chi connectivity index (χ0n) is 11.0. The summed E-state index contributed by atoms with van der Waals surface area (Å²) in [5.41, 5.74) is 5.61. The maximum Gasteiger partial charge on any atom is 0.241 e. The van der Waals surface area contributed by atoms with Crippen molar-refractivity contribution in [3.63, 3.8) is 0 Å². The van der Waals surface area contributed by atoms with E-state index < -0.39 is 10.0 Å². The largest absolute Gasteiger partial charge is 0.329 e. The third-order valence-electron chi connectivity index (χ3n) is 2.49. The molecule has 0 bridgehead atoms. The first-order chi connectivity index (χ1) is 8.36. The number of sulfonamides is 1. The number of hydrogen-bond donors (Lipinski definition) is 2. The van der Waals surface area contributed by atoms with Gasteiger partial charge in [-0.05, 0) is 40.4 Å². The van der Waals surface area contributed by atoms with Gasteiger partial charge in [-0.3, -0.25) is 0 Å². The number of halogens is 2. The molecule has 1 unspecified atom stereocenters. The average molecular weight is 372 g/mol. The van der Waals surface area contributed by atoms with Crippen LogP contribution in [0.2, 0.25) is 0 Å².